The lowest BCUT2D eigenvalue weighted by Crippen LogP contribution is -2.09. The first-order valence-corrected chi connectivity index (χ1v) is 9.29. The molecule has 0 bridgehead atoms. The van der Waals surface area contributed by atoms with Crippen molar-refractivity contribution >= 4 is 29.1 Å². The van der Waals surface area contributed by atoms with E-state index >= 15 is 0 Å². The second-order valence-electron chi connectivity index (χ2n) is 6.88. The van der Waals surface area contributed by atoms with Gasteiger partial charge in [-0.2, -0.15) is 0 Å². The molecular weight excluding hydrogens is 380 g/mol. The fourth-order valence-corrected chi connectivity index (χ4v) is 2.85. The van der Waals surface area contributed by atoms with Crippen molar-refractivity contribution in [2.24, 2.45) is 0 Å². The molecule has 0 radical (unpaired) electrons. The summed E-state index contributed by atoms with van der Waals surface area (Å²) >= 11 is 0. The van der Waals surface area contributed by atoms with E-state index in [4.69, 9.17) is 0 Å². The number of nitrogens with zero attached hydrogens (tertiary/aromatic N) is 1. The Balaban J connectivity index is 1.69. The van der Waals surface area contributed by atoms with Gasteiger partial charge < -0.3 is 5.32 Å². The smallest absolute Gasteiger partial charge is 0.269 e. The Morgan fingerprint density at radius 2 is 1.60 bits per heavy atom. The van der Waals surface area contributed by atoms with Gasteiger partial charge in [0.2, 0.25) is 5.91 Å². The highest BCUT2D eigenvalue weighted by Crippen LogP contribution is 2.18. The third-order valence-corrected chi connectivity index (χ3v) is 4.69. The summed E-state index contributed by atoms with van der Waals surface area (Å²) in [6, 6.07) is 18.2. The number of anilines is 1. The number of aryl methyl sites for hydroxylation is 2. The fourth-order valence-electron chi connectivity index (χ4n) is 2.85. The van der Waals surface area contributed by atoms with Gasteiger partial charge in [-0.1, -0.05) is 24.3 Å². The lowest BCUT2D eigenvalue weighted by atomic mass is 9.99. The Hall–Kier alpha value is -4.06. The topological polar surface area (TPSA) is 89.3 Å². The highest BCUT2D eigenvalue weighted by molar-refractivity contribution is 6.10. The summed E-state index contributed by atoms with van der Waals surface area (Å²) < 4.78 is 0. The Labute approximate surface area is 174 Å². The van der Waals surface area contributed by atoms with Crippen LogP contribution in [0.15, 0.2) is 72.8 Å². The molecule has 0 fully saturated rings. The average Bonchev–Trinajstić information content (AvgIpc) is 2.74. The van der Waals surface area contributed by atoms with Crippen LogP contribution in [0.1, 0.15) is 32.6 Å². The number of benzene rings is 3. The minimum Gasteiger partial charge on any atom is -0.322 e. The number of carbonyl (C=O) groups is 2. The number of nitro benzene ring substituents is 1. The molecule has 6 heteroatoms. The summed E-state index contributed by atoms with van der Waals surface area (Å²) in [6.07, 6.45) is 2.89. The van der Waals surface area contributed by atoms with Gasteiger partial charge in [0, 0.05) is 35.0 Å². The van der Waals surface area contributed by atoms with E-state index in [1.54, 1.807) is 48.5 Å². The zero-order valence-electron chi connectivity index (χ0n) is 16.6. The van der Waals surface area contributed by atoms with Gasteiger partial charge in [-0.25, -0.2) is 0 Å². The largest absolute Gasteiger partial charge is 0.322 e. The summed E-state index contributed by atoms with van der Waals surface area (Å²) in [7, 11) is 0. The van der Waals surface area contributed by atoms with Crippen LogP contribution in [-0.2, 0) is 4.79 Å². The van der Waals surface area contributed by atoms with Crippen molar-refractivity contribution in [3.8, 4) is 0 Å². The number of ketones is 1. The molecule has 1 amide bonds. The van der Waals surface area contributed by atoms with Gasteiger partial charge in [-0.15, -0.1) is 0 Å². The molecule has 0 spiro atoms. The molecule has 3 aromatic carbocycles. The molecule has 0 saturated carbocycles. The number of hydrogen-bond acceptors (Lipinski definition) is 4. The standard InChI is InChI=1S/C24H20N2O4/c1-16-6-10-20(14-17(16)2)24(28)19-4-3-5-21(15-19)25-23(27)13-9-18-7-11-22(12-8-18)26(29)30/h3-15H,1-2H3,(H,25,27). The molecule has 1 N–H and O–H groups in total. The lowest BCUT2D eigenvalue weighted by molar-refractivity contribution is -0.384. The normalized spacial score (nSPS) is 10.7. The van der Waals surface area contributed by atoms with Crippen LogP contribution in [0.4, 0.5) is 11.4 Å². The number of nitro groups is 1. The molecule has 0 aliphatic rings. The first kappa shape index (κ1) is 20.7. The van der Waals surface area contributed by atoms with Gasteiger partial charge in [-0.3, -0.25) is 19.7 Å². The minimum absolute atomic E-state index is 0.0122. The number of rotatable bonds is 6. The van der Waals surface area contributed by atoms with Crippen molar-refractivity contribution in [1.29, 1.82) is 0 Å². The molecule has 0 aliphatic carbocycles. The summed E-state index contributed by atoms with van der Waals surface area (Å²) in [5.41, 5.74) is 4.39. The summed E-state index contributed by atoms with van der Waals surface area (Å²) in [5.74, 6) is -0.486. The molecule has 0 atom stereocenters. The maximum atomic E-state index is 12.8. The molecule has 150 valence electrons. The van der Waals surface area contributed by atoms with Crippen LogP contribution in [0, 0.1) is 24.0 Å². The Kier molecular flexibility index (Phi) is 6.17. The third kappa shape index (κ3) is 5.05. The zero-order chi connectivity index (χ0) is 21.7. The lowest BCUT2D eigenvalue weighted by Gasteiger charge is -2.07. The van der Waals surface area contributed by atoms with Crippen molar-refractivity contribution in [3.05, 3.63) is 111 Å². The highest BCUT2D eigenvalue weighted by atomic mass is 16.6. The minimum atomic E-state index is -0.480. The van der Waals surface area contributed by atoms with E-state index in [1.165, 1.54) is 18.2 Å². The quantitative estimate of drug-likeness (QED) is 0.270. The van der Waals surface area contributed by atoms with Gasteiger partial charge in [0.25, 0.3) is 5.69 Å². The van der Waals surface area contributed by atoms with Gasteiger partial charge in [0.1, 0.15) is 0 Å². The first-order chi connectivity index (χ1) is 14.3. The predicted octanol–water partition coefficient (Wildman–Crippen LogP) is 5.09. The van der Waals surface area contributed by atoms with Crippen LogP contribution in [-0.4, -0.2) is 16.6 Å². The average molecular weight is 400 g/mol. The SMILES string of the molecule is Cc1ccc(C(=O)c2cccc(NC(=O)C=Cc3ccc([N+](=O)[O-])cc3)c2)cc1C. The molecule has 0 saturated heterocycles. The number of carbonyl (C=O) groups excluding carboxylic acids is 2. The van der Waals surface area contributed by atoms with Gasteiger partial charge >= 0.3 is 0 Å². The number of non-ortho nitro benzene ring substituents is 1. The van der Waals surface area contributed by atoms with Crippen LogP contribution in [0.25, 0.3) is 6.08 Å². The second kappa shape index (κ2) is 8.96. The van der Waals surface area contributed by atoms with E-state index < -0.39 is 4.92 Å². The summed E-state index contributed by atoms with van der Waals surface area (Å²) in [6.45, 7) is 3.95. The number of amides is 1. The van der Waals surface area contributed by atoms with Crippen molar-refractivity contribution in [2.45, 2.75) is 13.8 Å². The molecule has 3 rings (SSSR count). The zero-order valence-corrected chi connectivity index (χ0v) is 16.6. The molecular formula is C24H20N2O4. The molecule has 0 heterocycles. The monoisotopic (exact) mass is 400 g/mol. The van der Waals surface area contributed by atoms with Crippen molar-refractivity contribution in [1.82, 2.24) is 0 Å². The van der Waals surface area contributed by atoms with Crippen LogP contribution in [0.3, 0.4) is 0 Å². The van der Waals surface area contributed by atoms with E-state index in [0.717, 1.165) is 11.1 Å². The number of hydrogen-bond donors (Lipinski definition) is 1. The van der Waals surface area contributed by atoms with E-state index in [1.807, 2.05) is 26.0 Å². The van der Waals surface area contributed by atoms with Crippen molar-refractivity contribution in [2.75, 3.05) is 5.32 Å². The Bertz CT molecular complexity index is 1150. The van der Waals surface area contributed by atoms with Gasteiger partial charge in [-0.05, 0) is 66.9 Å². The van der Waals surface area contributed by atoms with Crippen LogP contribution in [0.5, 0.6) is 0 Å². The van der Waals surface area contributed by atoms with E-state index in [2.05, 4.69) is 5.32 Å². The van der Waals surface area contributed by atoms with E-state index in [9.17, 15) is 19.7 Å². The number of nitrogens with one attached hydrogen (secondary N) is 1. The van der Waals surface area contributed by atoms with Gasteiger partial charge in [0.15, 0.2) is 5.78 Å². The van der Waals surface area contributed by atoms with Crippen molar-refractivity contribution < 1.29 is 14.5 Å². The van der Waals surface area contributed by atoms with Crippen LogP contribution in [0.2, 0.25) is 0 Å². The third-order valence-electron chi connectivity index (χ3n) is 4.69. The highest BCUT2D eigenvalue weighted by Gasteiger charge is 2.11. The van der Waals surface area contributed by atoms with Crippen molar-refractivity contribution in [3.63, 3.8) is 0 Å². The fraction of sp³-hybridized carbons (Fsp3) is 0.0833. The first-order valence-electron chi connectivity index (χ1n) is 9.29. The maximum absolute atomic E-state index is 12.8. The summed E-state index contributed by atoms with van der Waals surface area (Å²) in [4.78, 5) is 35.2. The second-order valence-corrected chi connectivity index (χ2v) is 6.88. The molecule has 6 nitrogen and oxygen atoms in total. The molecule has 0 aliphatic heterocycles. The Morgan fingerprint density at radius 3 is 2.27 bits per heavy atom. The van der Waals surface area contributed by atoms with E-state index in [-0.39, 0.29) is 17.4 Å². The van der Waals surface area contributed by atoms with Crippen LogP contribution >= 0.6 is 0 Å². The summed E-state index contributed by atoms with van der Waals surface area (Å²) in [5, 5.41) is 13.4. The van der Waals surface area contributed by atoms with E-state index in [0.29, 0.717) is 22.4 Å². The maximum Gasteiger partial charge on any atom is 0.269 e. The van der Waals surface area contributed by atoms with Crippen LogP contribution < -0.4 is 5.32 Å². The van der Waals surface area contributed by atoms with Gasteiger partial charge in [0.05, 0.1) is 4.92 Å². The predicted molar refractivity (Wildman–Crippen MR) is 117 cm³/mol. The molecule has 30 heavy (non-hydrogen) atoms. The molecule has 3 aromatic rings. The Morgan fingerprint density at radius 1 is 0.900 bits per heavy atom. The molecule has 0 unspecified atom stereocenters. The molecule has 0 aromatic heterocycles.